The highest BCUT2D eigenvalue weighted by molar-refractivity contribution is 6.11. The number of aryl methyl sites for hydroxylation is 1. The molecule has 1 N–H and O–H groups in total. The molecule has 2 aliphatic rings. The fourth-order valence-corrected chi connectivity index (χ4v) is 4.19. The number of hydrogen-bond acceptors (Lipinski definition) is 3. The average Bonchev–Trinajstić information content (AvgIpc) is 2.99. The average molecular weight is 345 g/mol. The van der Waals surface area contributed by atoms with Gasteiger partial charge in [-0.25, -0.2) is 4.79 Å². The van der Waals surface area contributed by atoms with E-state index < -0.39 is 11.6 Å². The molecule has 1 aromatic heterocycles. The van der Waals surface area contributed by atoms with E-state index in [9.17, 15) is 14.4 Å². The van der Waals surface area contributed by atoms with Crippen molar-refractivity contribution in [3.05, 3.63) is 23.0 Å². The van der Waals surface area contributed by atoms with Crippen LogP contribution in [0.3, 0.4) is 0 Å². The molecular formula is C19H27N3O3. The summed E-state index contributed by atoms with van der Waals surface area (Å²) in [5, 5.41) is 2.86. The number of carbonyl (C=O) groups is 3. The second-order valence-electron chi connectivity index (χ2n) is 7.32. The number of hydrogen-bond donors (Lipinski definition) is 1. The molecule has 1 saturated heterocycles. The first-order chi connectivity index (χ1) is 11.9. The summed E-state index contributed by atoms with van der Waals surface area (Å²) in [6.45, 7) is 6.67. The standard InChI is InChI=1S/C19H27N3O3/c1-4-10-21-13(2)11-15(14(21)3)16(23)12-22-17(24)19(20-18(22)25)8-6-5-7-9-19/h11H,4-10,12H2,1-3H3,(H,20,25). The van der Waals surface area contributed by atoms with E-state index in [0.717, 1.165) is 48.5 Å². The number of nitrogens with zero attached hydrogens (tertiary/aromatic N) is 2. The maximum atomic E-state index is 12.8. The number of aromatic nitrogens is 1. The Hall–Kier alpha value is -2.11. The number of urea groups is 1. The van der Waals surface area contributed by atoms with Crippen LogP contribution in [0.25, 0.3) is 0 Å². The Labute approximate surface area is 148 Å². The molecule has 1 spiro atoms. The summed E-state index contributed by atoms with van der Waals surface area (Å²) in [7, 11) is 0. The molecule has 6 nitrogen and oxygen atoms in total. The van der Waals surface area contributed by atoms with Crippen molar-refractivity contribution in [3.8, 4) is 0 Å². The first kappa shape index (κ1) is 17.7. The van der Waals surface area contributed by atoms with Crippen LogP contribution in [0.2, 0.25) is 0 Å². The fourth-order valence-electron chi connectivity index (χ4n) is 4.19. The molecule has 0 aromatic carbocycles. The Kier molecular flexibility index (Phi) is 4.71. The minimum atomic E-state index is -0.769. The van der Waals surface area contributed by atoms with Gasteiger partial charge in [-0.2, -0.15) is 0 Å². The zero-order chi connectivity index (χ0) is 18.2. The van der Waals surface area contributed by atoms with E-state index in [1.807, 2.05) is 19.9 Å². The molecule has 1 aliphatic carbocycles. The summed E-state index contributed by atoms with van der Waals surface area (Å²) in [4.78, 5) is 39.0. The molecule has 0 bridgehead atoms. The largest absolute Gasteiger partial charge is 0.348 e. The Balaban J connectivity index is 1.78. The Morgan fingerprint density at radius 1 is 1.20 bits per heavy atom. The molecule has 1 aliphatic heterocycles. The van der Waals surface area contributed by atoms with Crippen LogP contribution in [0.5, 0.6) is 0 Å². The zero-order valence-electron chi connectivity index (χ0n) is 15.4. The predicted molar refractivity (Wildman–Crippen MR) is 94.6 cm³/mol. The molecule has 3 rings (SSSR count). The summed E-state index contributed by atoms with van der Waals surface area (Å²) >= 11 is 0. The summed E-state index contributed by atoms with van der Waals surface area (Å²) in [6.07, 6.45) is 5.30. The minimum absolute atomic E-state index is 0.174. The van der Waals surface area contributed by atoms with Gasteiger partial charge in [0.05, 0.1) is 6.54 Å². The topological polar surface area (TPSA) is 71.4 Å². The lowest BCUT2D eigenvalue weighted by Gasteiger charge is -2.30. The van der Waals surface area contributed by atoms with Gasteiger partial charge in [-0.1, -0.05) is 26.2 Å². The number of ketones is 1. The van der Waals surface area contributed by atoms with Crippen molar-refractivity contribution in [3.63, 3.8) is 0 Å². The lowest BCUT2D eigenvalue weighted by molar-refractivity contribution is -0.132. The smallest absolute Gasteiger partial charge is 0.325 e. The van der Waals surface area contributed by atoms with E-state index in [1.165, 1.54) is 0 Å². The van der Waals surface area contributed by atoms with E-state index in [1.54, 1.807) is 0 Å². The van der Waals surface area contributed by atoms with E-state index in [-0.39, 0.29) is 18.2 Å². The van der Waals surface area contributed by atoms with Crippen molar-refractivity contribution in [2.75, 3.05) is 6.54 Å². The SMILES string of the molecule is CCCn1c(C)cc(C(=O)CN2C(=O)NC3(CCCCC3)C2=O)c1C. The van der Waals surface area contributed by atoms with Crippen LogP contribution in [-0.2, 0) is 11.3 Å². The van der Waals surface area contributed by atoms with Gasteiger partial charge in [0.15, 0.2) is 5.78 Å². The summed E-state index contributed by atoms with van der Waals surface area (Å²) in [5.41, 5.74) is 1.78. The second kappa shape index (κ2) is 6.65. The van der Waals surface area contributed by atoms with Crippen LogP contribution < -0.4 is 5.32 Å². The summed E-state index contributed by atoms with van der Waals surface area (Å²) in [5.74, 6) is -0.403. The van der Waals surface area contributed by atoms with E-state index in [4.69, 9.17) is 0 Å². The molecule has 0 atom stereocenters. The van der Waals surface area contributed by atoms with Gasteiger partial charge < -0.3 is 9.88 Å². The molecule has 136 valence electrons. The molecule has 1 aromatic rings. The van der Waals surface area contributed by atoms with Crippen molar-refractivity contribution in [2.45, 2.75) is 71.4 Å². The van der Waals surface area contributed by atoms with E-state index in [0.29, 0.717) is 18.4 Å². The van der Waals surface area contributed by atoms with Crippen molar-refractivity contribution < 1.29 is 14.4 Å². The Morgan fingerprint density at radius 3 is 2.52 bits per heavy atom. The summed E-state index contributed by atoms with van der Waals surface area (Å²) < 4.78 is 2.11. The van der Waals surface area contributed by atoms with Crippen LogP contribution in [0, 0.1) is 13.8 Å². The molecule has 6 heteroatoms. The monoisotopic (exact) mass is 345 g/mol. The Morgan fingerprint density at radius 2 is 1.88 bits per heavy atom. The van der Waals surface area contributed by atoms with Gasteiger partial charge in [0.25, 0.3) is 5.91 Å². The third-order valence-electron chi connectivity index (χ3n) is 5.58. The van der Waals surface area contributed by atoms with Gasteiger partial charge in [-0.3, -0.25) is 14.5 Å². The third-order valence-corrected chi connectivity index (χ3v) is 5.58. The quantitative estimate of drug-likeness (QED) is 0.659. The first-order valence-electron chi connectivity index (χ1n) is 9.23. The lowest BCUT2D eigenvalue weighted by Crippen LogP contribution is -2.48. The minimum Gasteiger partial charge on any atom is -0.348 e. The molecule has 1 saturated carbocycles. The van der Waals surface area contributed by atoms with Gasteiger partial charge in [-0.05, 0) is 39.2 Å². The molecule has 3 amide bonds. The highest BCUT2D eigenvalue weighted by Crippen LogP contribution is 2.33. The van der Waals surface area contributed by atoms with Crippen LogP contribution in [0.1, 0.15) is 67.2 Å². The molecular weight excluding hydrogens is 318 g/mol. The first-order valence-corrected chi connectivity index (χ1v) is 9.23. The van der Waals surface area contributed by atoms with Crippen molar-refractivity contribution in [1.82, 2.24) is 14.8 Å². The molecule has 2 fully saturated rings. The van der Waals surface area contributed by atoms with Gasteiger partial charge in [0.1, 0.15) is 5.54 Å². The number of imide groups is 1. The third kappa shape index (κ3) is 2.98. The van der Waals surface area contributed by atoms with Crippen molar-refractivity contribution in [1.29, 1.82) is 0 Å². The van der Waals surface area contributed by atoms with Gasteiger partial charge in [0, 0.05) is 23.5 Å². The zero-order valence-corrected chi connectivity index (χ0v) is 15.4. The number of nitrogens with one attached hydrogen (secondary N) is 1. The van der Waals surface area contributed by atoms with E-state index >= 15 is 0 Å². The van der Waals surface area contributed by atoms with Crippen LogP contribution >= 0.6 is 0 Å². The number of amides is 3. The van der Waals surface area contributed by atoms with Gasteiger partial charge in [-0.15, -0.1) is 0 Å². The highest BCUT2D eigenvalue weighted by atomic mass is 16.2. The number of rotatable bonds is 5. The Bertz CT molecular complexity index is 714. The summed E-state index contributed by atoms with van der Waals surface area (Å²) in [6, 6.07) is 1.44. The van der Waals surface area contributed by atoms with Gasteiger partial charge in [0.2, 0.25) is 0 Å². The molecule has 25 heavy (non-hydrogen) atoms. The van der Waals surface area contributed by atoms with E-state index in [2.05, 4.69) is 16.8 Å². The number of carbonyl (C=O) groups excluding carboxylic acids is 3. The van der Waals surface area contributed by atoms with Crippen LogP contribution in [-0.4, -0.2) is 39.3 Å². The lowest BCUT2D eigenvalue weighted by atomic mass is 9.82. The van der Waals surface area contributed by atoms with Crippen LogP contribution in [0.15, 0.2) is 6.07 Å². The fraction of sp³-hybridized carbons (Fsp3) is 0.632. The van der Waals surface area contributed by atoms with Crippen molar-refractivity contribution >= 4 is 17.7 Å². The number of Topliss-reactive ketones (excluding diaryl/α,β-unsaturated/α-hetero) is 1. The molecule has 0 radical (unpaired) electrons. The molecule has 2 heterocycles. The van der Waals surface area contributed by atoms with Crippen molar-refractivity contribution in [2.24, 2.45) is 0 Å². The van der Waals surface area contributed by atoms with Gasteiger partial charge >= 0.3 is 6.03 Å². The van der Waals surface area contributed by atoms with Crippen LogP contribution in [0.4, 0.5) is 4.79 Å². The highest BCUT2D eigenvalue weighted by Gasteiger charge is 2.51. The maximum absolute atomic E-state index is 12.8. The maximum Gasteiger partial charge on any atom is 0.325 e. The predicted octanol–water partition coefficient (Wildman–Crippen LogP) is 2.95. The normalized spacial score (nSPS) is 19.6. The molecule has 0 unspecified atom stereocenters. The second-order valence-corrected chi connectivity index (χ2v) is 7.32.